The van der Waals surface area contributed by atoms with Crippen molar-refractivity contribution in [3.05, 3.63) is 107 Å². The van der Waals surface area contributed by atoms with Crippen LogP contribution >= 0.6 is 0 Å². The molecule has 0 atom stereocenters. The summed E-state index contributed by atoms with van der Waals surface area (Å²) in [5.41, 5.74) is 7.06. The molecule has 3 aromatic carbocycles. The summed E-state index contributed by atoms with van der Waals surface area (Å²) in [7, 11) is -4.01. The molecule has 170 valence electrons. The third kappa shape index (κ3) is 5.74. The third-order valence-electron chi connectivity index (χ3n) is 4.72. The van der Waals surface area contributed by atoms with E-state index < -0.39 is 27.4 Å². The Hall–Kier alpha value is -4.18. The lowest BCUT2D eigenvalue weighted by atomic mass is 10.1. The van der Waals surface area contributed by atoms with Gasteiger partial charge in [-0.1, -0.05) is 42.5 Å². The number of nitrogens with one attached hydrogen (secondary N) is 2. The summed E-state index contributed by atoms with van der Waals surface area (Å²) in [4.78, 5) is 23.0. The van der Waals surface area contributed by atoms with Gasteiger partial charge < -0.3 is 0 Å². The molecule has 2 N–H and O–H groups in total. The highest BCUT2D eigenvalue weighted by Gasteiger charge is 2.27. The van der Waals surface area contributed by atoms with Gasteiger partial charge in [0.15, 0.2) is 0 Å². The first-order chi connectivity index (χ1) is 15.7. The second-order valence-electron chi connectivity index (χ2n) is 7.12. The number of nitro benzene ring substituents is 1. The summed E-state index contributed by atoms with van der Waals surface area (Å²) in [5.74, 6) is -0.627. The summed E-state index contributed by atoms with van der Waals surface area (Å²) in [6.07, 6.45) is 0. The number of amides is 1. The first-order valence-electron chi connectivity index (χ1n) is 9.81. The van der Waals surface area contributed by atoms with Crippen LogP contribution in [-0.4, -0.2) is 25.8 Å². The normalized spacial score (nSPS) is 10.8. The molecule has 0 aliphatic carbocycles. The van der Waals surface area contributed by atoms with Crippen molar-refractivity contribution in [2.45, 2.75) is 11.8 Å². The summed E-state index contributed by atoms with van der Waals surface area (Å²) in [6, 6.07) is 20.2. The summed E-state index contributed by atoms with van der Waals surface area (Å²) in [6.45, 7) is 5.18. The third-order valence-corrected chi connectivity index (χ3v) is 6.51. The van der Waals surface area contributed by atoms with E-state index in [1.807, 2.05) is 6.92 Å². The fraction of sp³-hybridized carbons (Fsp3) is 0.0870. The maximum atomic E-state index is 13.3. The number of aryl methyl sites for hydroxylation is 1. The van der Waals surface area contributed by atoms with E-state index in [0.29, 0.717) is 11.3 Å². The number of nitro groups is 1. The molecular weight excluding hydrogens is 444 g/mol. The summed E-state index contributed by atoms with van der Waals surface area (Å²) < 4.78 is 27.5. The zero-order valence-electron chi connectivity index (χ0n) is 17.8. The molecule has 10 heteroatoms. The molecule has 0 saturated carbocycles. The molecule has 3 rings (SSSR count). The van der Waals surface area contributed by atoms with Crippen LogP contribution in [0.3, 0.4) is 0 Å². The van der Waals surface area contributed by atoms with Crippen LogP contribution in [0.1, 0.15) is 11.1 Å². The summed E-state index contributed by atoms with van der Waals surface area (Å²) in [5, 5.41) is 10.8. The predicted molar refractivity (Wildman–Crippen MR) is 126 cm³/mol. The van der Waals surface area contributed by atoms with Crippen molar-refractivity contribution < 1.29 is 18.1 Å². The van der Waals surface area contributed by atoms with Crippen LogP contribution in [0.2, 0.25) is 0 Å². The number of sulfonamides is 1. The number of hydrogen-bond donors (Lipinski definition) is 2. The number of nitrogens with zero attached hydrogens (tertiary/aromatic N) is 2. The van der Waals surface area contributed by atoms with E-state index >= 15 is 0 Å². The average Bonchev–Trinajstić information content (AvgIpc) is 2.82. The number of rotatable bonds is 9. The molecule has 1 amide bonds. The predicted octanol–water partition coefficient (Wildman–Crippen LogP) is 3.39. The van der Waals surface area contributed by atoms with Gasteiger partial charge >= 0.3 is 0 Å². The second kappa shape index (κ2) is 9.96. The van der Waals surface area contributed by atoms with E-state index in [0.717, 1.165) is 9.87 Å². The van der Waals surface area contributed by atoms with Crippen LogP contribution < -0.4 is 15.2 Å². The molecule has 0 unspecified atom stereocenters. The van der Waals surface area contributed by atoms with Gasteiger partial charge in [0.05, 0.1) is 21.2 Å². The van der Waals surface area contributed by atoms with E-state index in [-0.39, 0.29) is 16.3 Å². The smallest absolute Gasteiger partial charge is 0.269 e. The van der Waals surface area contributed by atoms with Crippen LogP contribution in [0.25, 0.3) is 5.70 Å². The fourth-order valence-corrected chi connectivity index (χ4v) is 4.36. The van der Waals surface area contributed by atoms with E-state index in [1.165, 1.54) is 36.4 Å². The van der Waals surface area contributed by atoms with Gasteiger partial charge in [0.2, 0.25) is 0 Å². The molecule has 0 radical (unpaired) electrons. The molecule has 0 bridgehead atoms. The SMILES string of the molecule is C=C(NNC(=O)CN(c1ccc(C)cc1)S(=O)(=O)c1ccccc1)c1ccc([N+](=O)[O-])cc1. The molecule has 0 aliphatic heterocycles. The first kappa shape index (κ1) is 23.5. The van der Waals surface area contributed by atoms with Crippen molar-refractivity contribution in [1.29, 1.82) is 0 Å². The molecule has 0 fully saturated rings. The van der Waals surface area contributed by atoms with Crippen molar-refractivity contribution in [3.63, 3.8) is 0 Å². The number of carbonyl (C=O) groups is 1. The van der Waals surface area contributed by atoms with Gasteiger partial charge in [0, 0.05) is 12.1 Å². The number of hydrogen-bond acceptors (Lipinski definition) is 6. The van der Waals surface area contributed by atoms with Gasteiger partial charge in [0.1, 0.15) is 6.54 Å². The molecule has 0 aromatic heterocycles. The van der Waals surface area contributed by atoms with Gasteiger partial charge in [-0.25, -0.2) is 8.42 Å². The number of non-ortho nitro benzene ring substituents is 1. The van der Waals surface area contributed by atoms with Crippen LogP contribution in [0.5, 0.6) is 0 Å². The van der Waals surface area contributed by atoms with E-state index in [1.54, 1.807) is 42.5 Å². The molecule has 0 saturated heterocycles. The molecule has 0 aliphatic rings. The minimum atomic E-state index is -4.01. The fourth-order valence-electron chi connectivity index (χ4n) is 2.92. The van der Waals surface area contributed by atoms with Crippen LogP contribution in [-0.2, 0) is 14.8 Å². The van der Waals surface area contributed by atoms with Crippen molar-refractivity contribution in [2.24, 2.45) is 0 Å². The van der Waals surface area contributed by atoms with E-state index in [2.05, 4.69) is 17.4 Å². The Labute approximate surface area is 191 Å². The highest BCUT2D eigenvalue weighted by atomic mass is 32.2. The Kier molecular flexibility index (Phi) is 7.09. The minimum absolute atomic E-state index is 0.0571. The van der Waals surface area contributed by atoms with Crippen molar-refractivity contribution in [1.82, 2.24) is 10.9 Å². The van der Waals surface area contributed by atoms with Gasteiger partial charge in [0.25, 0.3) is 21.6 Å². The standard InChI is InChI=1S/C23H22N4O5S/c1-17-8-12-20(13-9-17)26(33(31,32)22-6-4-3-5-7-22)16-23(28)25-24-18(2)19-10-14-21(15-11-19)27(29)30/h3-15,24H,2,16H2,1H3,(H,25,28). The Morgan fingerprint density at radius 1 is 0.970 bits per heavy atom. The number of anilines is 1. The number of hydrazine groups is 1. The Morgan fingerprint density at radius 3 is 2.15 bits per heavy atom. The number of carbonyl (C=O) groups excluding carboxylic acids is 1. The molecule has 0 spiro atoms. The lowest BCUT2D eigenvalue weighted by Crippen LogP contribution is -2.45. The lowest BCUT2D eigenvalue weighted by molar-refractivity contribution is -0.384. The Balaban J connectivity index is 1.75. The highest BCUT2D eigenvalue weighted by Crippen LogP contribution is 2.24. The van der Waals surface area contributed by atoms with Crippen molar-refractivity contribution in [2.75, 3.05) is 10.8 Å². The van der Waals surface area contributed by atoms with Gasteiger partial charge in [-0.2, -0.15) is 0 Å². The van der Waals surface area contributed by atoms with Crippen molar-refractivity contribution >= 4 is 33.0 Å². The van der Waals surface area contributed by atoms with Crippen LogP contribution in [0.15, 0.2) is 90.3 Å². The monoisotopic (exact) mass is 466 g/mol. The lowest BCUT2D eigenvalue weighted by Gasteiger charge is -2.24. The maximum absolute atomic E-state index is 13.3. The Bertz CT molecular complexity index is 1260. The van der Waals surface area contributed by atoms with Gasteiger partial charge in [-0.05, 0) is 48.9 Å². The molecule has 3 aromatic rings. The van der Waals surface area contributed by atoms with Gasteiger partial charge in [-0.3, -0.25) is 30.1 Å². The molecule has 9 nitrogen and oxygen atoms in total. The second-order valence-corrected chi connectivity index (χ2v) is 8.98. The zero-order chi connectivity index (χ0) is 24.0. The molecular formula is C23H22N4O5S. The van der Waals surface area contributed by atoms with Crippen LogP contribution in [0, 0.1) is 17.0 Å². The minimum Gasteiger partial charge on any atom is -0.299 e. The first-order valence-corrected chi connectivity index (χ1v) is 11.3. The maximum Gasteiger partial charge on any atom is 0.269 e. The molecule has 0 heterocycles. The number of benzene rings is 3. The average molecular weight is 467 g/mol. The quantitative estimate of drug-likeness (QED) is 0.368. The zero-order valence-corrected chi connectivity index (χ0v) is 18.6. The molecule has 33 heavy (non-hydrogen) atoms. The van der Waals surface area contributed by atoms with Crippen LogP contribution in [0.4, 0.5) is 11.4 Å². The highest BCUT2D eigenvalue weighted by molar-refractivity contribution is 7.92. The van der Waals surface area contributed by atoms with E-state index in [9.17, 15) is 23.3 Å². The van der Waals surface area contributed by atoms with E-state index in [4.69, 9.17) is 0 Å². The van der Waals surface area contributed by atoms with Gasteiger partial charge in [-0.15, -0.1) is 0 Å². The Morgan fingerprint density at radius 2 is 1.58 bits per heavy atom. The largest absolute Gasteiger partial charge is 0.299 e. The van der Waals surface area contributed by atoms with Crippen molar-refractivity contribution in [3.8, 4) is 0 Å². The topological polar surface area (TPSA) is 122 Å². The summed E-state index contributed by atoms with van der Waals surface area (Å²) >= 11 is 0.